The lowest BCUT2D eigenvalue weighted by Gasteiger charge is -2.09. The van der Waals surface area contributed by atoms with Crippen LogP contribution in [0, 0.1) is 27.6 Å². The van der Waals surface area contributed by atoms with E-state index < -0.39 is 22.4 Å². The van der Waals surface area contributed by atoms with E-state index in [1.165, 1.54) is 12.1 Å². The van der Waals surface area contributed by atoms with Crippen LogP contribution in [0.25, 0.3) is 0 Å². The Kier molecular flexibility index (Phi) is 4.46. The molecule has 1 N–H and O–H groups in total. The quantitative estimate of drug-likeness (QED) is 0.499. The molecule has 0 amide bonds. The third kappa shape index (κ3) is 3.52. The minimum atomic E-state index is -1.29. The number of anilines is 1. The third-order valence-electron chi connectivity index (χ3n) is 2.72. The van der Waals surface area contributed by atoms with Crippen LogP contribution in [0.1, 0.15) is 5.56 Å². The van der Waals surface area contributed by atoms with Crippen molar-refractivity contribution in [1.82, 2.24) is 0 Å². The van der Waals surface area contributed by atoms with Gasteiger partial charge in [0.05, 0.1) is 4.92 Å². The van der Waals surface area contributed by atoms with Gasteiger partial charge in [0.25, 0.3) is 5.69 Å². The molecule has 0 fully saturated rings. The van der Waals surface area contributed by atoms with Gasteiger partial charge in [-0.3, -0.25) is 10.1 Å². The smallest absolute Gasteiger partial charge is 0.293 e. The molecule has 0 unspecified atom stereocenters. The minimum absolute atomic E-state index is 0.133. The number of rotatable bonds is 4. The molecule has 2 aromatic rings. The number of nitro benzene ring substituents is 1. The van der Waals surface area contributed by atoms with Gasteiger partial charge in [0.2, 0.25) is 0 Å². The summed E-state index contributed by atoms with van der Waals surface area (Å²) in [4.78, 5) is 10.3. The summed E-state index contributed by atoms with van der Waals surface area (Å²) in [6.07, 6.45) is 0. The van der Waals surface area contributed by atoms with Crippen molar-refractivity contribution in [1.29, 1.82) is 0 Å². The van der Waals surface area contributed by atoms with Crippen LogP contribution in [0.3, 0.4) is 0 Å². The molecule has 0 aliphatic heterocycles. The lowest BCUT2D eigenvalue weighted by Crippen LogP contribution is -2.05. The maximum atomic E-state index is 13.5. The molecule has 2 rings (SSSR count). The average molecular weight is 361 g/mol. The van der Waals surface area contributed by atoms with Crippen LogP contribution in [-0.4, -0.2) is 4.92 Å². The maximum Gasteiger partial charge on any atom is 0.293 e. The second kappa shape index (κ2) is 6.13. The maximum absolute atomic E-state index is 13.5. The van der Waals surface area contributed by atoms with Crippen LogP contribution in [0.15, 0.2) is 34.8 Å². The van der Waals surface area contributed by atoms with E-state index in [1.54, 1.807) is 6.07 Å². The number of nitrogens with one attached hydrogen (secondary N) is 1. The lowest BCUT2D eigenvalue weighted by atomic mass is 10.2. The Morgan fingerprint density at radius 1 is 1.10 bits per heavy atom. The summed E-state index contributed by atoms with van der Waals surface area (Å²) < 4.78 is 39.8. The molecule has 21 heavy (non-hydrogen) atoms. The Labute approximate surface area is 125 Å². The molecule has 110 valence electrons. The van der Waals surface area contributed by atoms with Crippen LogP contribution in [-0.2, 0) is 6.54 Å². The van der Waals surface area contributed by atoms with Gasteiger partial charge in [-0.2, -0.15) is 0 Å². The molecule has 0 aliphatic carbocycles. The van der Waals surface area contributed by atoms with E-state index in [1.807, 2.05) is 0 Å². The van der Waals surface area contributed by atoms with Gasteiger partial charge < -0.3 is 5.32 Å². The van der Waals surface area contributed by atoms with E-state index in [0.717, 1.165) is 0 Å². The zero-order chi connectivity index (χ0) is 15.6. The molecule has 0 aliphatic rings. The van der Waals surface area contributed by atoms with Crippen LogP contribution in [0.2, 0.25) is 0 Å². The zero-order valence-corrected chi connectivity index (χ0v) is 12.0. The van der Waals surface area contributed by atoms with Crippen molar-refractivity contribution in [3.63, 3.8) is 0 Å². The number of halogens is 4. The summed E-state index contributed by atoms with van der Waals surface area (Å²) in [5, 5.41) is 13.5. The topological polar surface area (TPSA) is 55.2 Å². The minimum Gasteiger partial charge on any atom is -0.375 e. The molecule has 4 nitrogen and oxygen atoms in total. The highest BCUT2D eigenvalue weighted by molar-refractivity contribution is 9.10. The summed E-state index contributed by atoms with van der Waals surface area (Å²) in [6.45, 7) is -0.217. The van der Waals surface area contributed by atoms with Gasteiger partial charge in [-0.15, -0.1) is 0 Å². The Morgan fingerprint density at radius 3 is 2.43 bits per heavy atom. The summed E-state index contributed by atoms with van der Waals surface area (Å²) in [6, 6.07) is 5.42. The summed E-state index contributed by atoms with van der Waals surface area (Å²) in [5.74, 6) is -3.40. The molecule has 0 bridgehead atoms. The number of hydrogen-bond acceptors (Lipinski definition) is 3. The van der Waals surface area contributed by atoms with E-state index in [-0.39, 0.29) is 23.5 Å². The fourth-order valence-corrected chi connectivity index (χ4v) is 2.04. The van der Waals surface area contributed by atoms with E-state index in [9.17, 15) is 23.3 Å². The van der Waals surface area contributed by atoms with Crippen LogP contribution < -0.4 is 5.32 Å². The van der Waals surface area contributed by atoms with Crippen LogP contribution in [0.4, 0.5) is 24.5 Å². The van der Waals surface area contributed by atoms with Crippen molar-refractivity contribution in [3.8, 4) is 0 Å². The molecule has 0 radical (unpaired) electrons. The predicted octanol–water partition coefficient (Wildman–Crippen LogP) is 4.39. The van der Waals surface area contributed by atoms with Gasteiger partial charge in [0.1, 0.15) is 11.5 Å². The monoisotopic (exact) mass is 360 g/mol. The predicted molar refractivity (Wildman–Crippen MR) is 74.4 cm³/mol. The van der Waals surface area contributed by atoms with Crippen molar-refractivity contribution in [3.05, 3.63) is 67.9 Å². The van der Waals surface area contributed by atoms with Crippen molar-refractivity contribution in [2.75, 3.05) is 5.32 Å². The second-order valence-corrected chi connectivity index (χ2v) is 5.05. The van der Waals surface area contributed by atoms with Crippen molar-refractivity contribution in [2.24, 2.45) is 0 Å². The largest absolute Gasteiger partial charge is 0.375 e. The highest BCUT2D eigenvalue weighted by Crippen LogP contribution is 2.28. The fourth-order valence-electron chi connectivity index (χ4n) is 1.70. The molecule has 0 heterocycles. The Bertz CT molecular complexity index is 710. The first kappa shape index (κ1) is 15.3. The highest BCUT2D eigenvalue weighted by atomic mass is 79.9. The fraction of sp³-hybridized carbons (Fsp3) is 0.0769. The molecule has 2 aromatic carbocycles. The van der Waals surface area contributed by atoms with E-state index in [4.69, 9.17) is 0 Å². The number of hydrogen-bond donors (Lipinski definition) is 1. The van der Waals surface area contributed by atoms with Crippen LogP contribution in [0.5, 0.6) is 0 Å². The molecule has 0 spiro atoms. The van der Waals surface area contributed by atoms with E-state index in [2.05, 4.69) is 21.2 Å². The average Bonchev–Trinajstić information content (AvgIpc) is 2.42. The SMILES string of the molecule is O=[N+]([O-])c1cc(Br)ccc1NCc1cc(F)c(F)cc1F. The van der Waals surface area contributed by atoms with Gasteiger partial charge in [0, 0.05) is 28.7 Å². The molecule has 8 heteroatoms. The summed E-state index contributed by atoms with van der Waals surface area (Å²) >= 11 is 3.11. The summed E-state index contributed by atoms with van der Waals surface area (Å²) in [5.41, 5.74) is -0.203. The van der Waals surface area contributed by atoms with Crippen molar-refractivity contribution < 1.29 is 18.1 Å². The van der Waals surface area contributed by atoms with Crippen LogP contribution >= 0.6 is 15.9 Å². The Balaban J connectivity index is 2.25. The first-order valence-corrected chi connectivity index (χ1v) is 6.49. The molecule has 0 saturated carbocycles. The van der Waals surface area contributed by atoms with E-state index >= 15 is 0 Å². The van der Waals surface area contributed by atoms with Gasteiger partial charge in [-0.25, -0.2) is 13.2 Å². The summed E-state index contributed by atoms with van der Waals surface area (Å²) in [7, 11) is 0. The Morgan fingerprint density at radius 2 is 1.76 bits per heavy atom. The van der Waals surface area contributed by atoms with Gasteiger partial charge >= 0.3 is 0 Å². The van der Waals surface area contributed by atoms with Crippen molar-refractivity contribution >= 4 is 27.3 Å². The number of benzene rings is 2. The molecular weight excluding hydrogens is 353 g/mol. The number of nitrogens with zero attached hydrogens (tertiary/aromatic N) is 1. The van der Waals surface area contributed by atoms with Gasteiger partial charge in [-0.05, 0) is 18.2 Å². The third-order valence-corrected chi connectivity index (χ3v) is 3.21. The van der Waals surface area contributed by atoms with Gasteiger partial charge in [0.15, 0.2) is 11.6 Å². The highest BCUT2D eigenvalue weighted by Gasteiger charge is 2.15. The first-order valence-electron chi connectivity index (χ1n) is 5.69. The standard InChI is InChI=1S/C13H8BrF3N2O2/c14-8-1-2-12(13(4-8)19(20)21)18-6-7-3-10(16)11(17)5-9(7)15/h1-5,18H,6H2. The van der Waals surface area contributed by atoms with Gasteiger partial charge in [-0.1, -0.05) is 15.9 Å². The Hall–Kier alpha value is -2.09. The van der Waals surface area contributed by atoms with E-state index in [0.29, 0.717) is 16.6 Å². The normalized spacial score (nSPS) is 10.5. The first-order chi connectivity index (χ1) is 9.88. The molecule has 0 atom stereocenters. The number of nitro groups is 1. The molecule has 0 saturated heterocycles. The lowest BCUT2D eigenvalue weighted by molar-refractivity contribution is -0.384. The second-order valence-electron chi connectivity index (χ2n) is 4.13. The zero-order valence-electron chi connectivity index (χ0n) is 10.4. The molecule has 0 aromatic heterocycles. The molecular formula is C13H8BrF3N2O2. The van der Waals surface area contributed by atoms with Crippen molar-refractivity contribution in [2.45, 2.75) is 6.54 Å².